The Kier molecular flexibility index (Phi) is 5.38. The molecule has 0 saturated carbocycles. The Morgan fingerprint density at radius 3 is 2.74 bits per heavy atom. The predicted molar refractivity (Wildman–Crippen MR) is 78.5 cm³/mol. The first kappa shape index (κ1) is 15.5. The Morgan fingerprint density at radius 2 is 2.16 bits per heavy atom. The third-order valence-electron chi connectivity index (χ3n) is 3.52. The van der Waals surface area contributed by atoms with Crippen molar-refractivity contribution < 1.29 is 9.53 Å². The van der Waals surface area contributed by atoms with Crippen molar-refractivity contribution in [2.75, 3.05) is 0 Å². The lowest BCUT2D eigenvalue weighted by Gasteiger charge is -2.32. The third-order valence-corrected chi connectivity index (χ3v) is 3.52. The molecule has 1 rings (SSSR count). The normalized spacial score (nSPS) is 19.4. The molecule has 0 spiro atoms. The summed E-state index contributed by atoms with van der Waals surface area (Å²) >= 11 is 0. The lowest BCUT2D eigenvalue weighted by molar-refractivity contribution is -0.135. The highest BCUT2D eigenvalue weighted by molar-refractivity contribution is 5.66. The van der Waals surface area contributed by atoms with E-state index in [1.54, 1.807) is 0 Å². The Balaban J connectivity index is 2.80. The molecule has 0 aromatic carbocycles. The second-order valence-electron chi connectivity index (χ2n) is 5.78. The van der Waals surface area contributed by atoms with Crippen LogP contribution in [-0.4, -0.2) is 5.97 Å². The summed E-state index contributed by atoms with van der Waals surface area (Å²) in [6.45, 7) is 10.1. The summed E-state index contributed by atoms with van der Waals surface area (Å²) in [7, 11) is 0. The van der Waals surface area contributed by atoms with Crippen LogP contribution in [0.15, 0.2) is 40.9 Å². The van der Waals surface area contributed by atoms with Crippen molar-refractivity contribution in [3.8, 4) is 0 Å². The zero-order valence-electron chi connectivity index (χ0n) is 12.7. The molecule has 0 amide bonds. The quantitative estimate of drug-likeness (QED) is 0.418. The molecule has 0 aromatic heterocycles. The minimum absolute atomic E-state index is 0.249. The number of ether oxygens (including phenoxy) is 1. The summed E-state index contributed by atoms with van der Waals surface area (Å²) in [5.41, 5.74) is 7.09. The smallest absolute Gasteiger partial charge is 0.308 e. The van der Waals surface area contributed by atoms with Crippen LogP contribution in [0.1, 0.15) is 53.9 Å². The van der Waals surface area contributed by atoms with Gasteiger partial charge >= 0.3 is 5.97 Å². The fourth-order valence-corrected chi connectivity index (χ4v) is 2.39. The number of rotatable bonds is 3. The molecule has 2 nitrogen and oxygen atoms in total. The van der Waals surface area contributed by atoms with Crippen LogP contribution in [0.4, 0.5) is 0 Å². The number of hydrogen-bond acceptors (Lipinski definition) is 2. The number of hydrogen-bond donors (Lipinski definition) is 0. The van der Waals surface area contributed by atoms with Crippen LogP contribution in [0, 0.1) is 5.41 Å². The molecule has 0 fully saturated rings. The molecule has 104 valence electrons. The zero-order valence-corrected chi connectivity index (χ0v) is 12.7. The highest BCUT2D eigenvalue weighted by Gasteiger charge is 2.26. The summed E-state index contributed by atoms with van der Waals surface area (Å²) in [6.07, 6.45) is 9.12. The molecule has 0 aromatic rings. The van der Waals surface area contributed by atoms with Crippen LogP contribution in [0.3, 0.4) is 0 Å². The zero-order chi connectivity index (χ0) is 14.5. The summed E-state index contributed by atoms with van der Waals surface area (Å²) in [6, 6.07) is 0. The molecule has 19 heavy (non-hydrogen) atoms. The molecular formula is C17H24O2. The number of carbonyl (C=O) groups excluding carboxylic acids is 1. The van der Waals surface area contributed by atoms with Gasteiger partial charge in [-0.15, -0.1) is 0 Å². The molecule has 0 radical (unpaired) electrons. The number of esters is 1. The van der Waals surface area contributed by atoms with E-state index in [1.165, 1.54) is 30.8 Å². The standard InChI is InChI=1S/C17H24O2/c1-13(10-12-19-15(3)18)8-9-16-14(2)7-6-11-17(16,4)5/h7,9,12H,6,8,11H2,1-5H3/b16-9+. The van der Waals surface area contributed by atoms with E-state index in [4.69, 9.17) is 4.74 Å². The first-order valence-corrected chi connectivity index (χ1v) is 6.78. The van der Waals surface area contributed by atoms with Gasteiger partial charge in [-0.05, 0) is 49.7 Å². The molecule has 0 N–H and O–H groups in total. The Bertz CT molecular complexity index is 469. The monoisotopic (exact) mass is 260 g/mol. The maximum Gasteiger partial charge on any atom is 0.308 e. The van der Waals surface area contributed by atoms with E-state index in [9.17, 15) is 4.79 Å². The van der Waals surface area contributed by atoms with Crippen LogP contribution in [0.25, 0.3) is 0 Å². The molecule has 0 saturated heterocycles. The number of carbonyl (C=O) groups is 1. The SMILES string of the molecule is CC(=O)OC=C=C(C)C/C=C1\C(C)=CCCC1(C)C. The predicted octanol–water partition coefficient (Wildman–Crippen LogP) is 4.69. The molecule has 1 aliphatic carbocycles. The lowest BCUT2D eigenvalue weighted by atomic mass is 9.73. The van der Waals surface area contributed by atoms with Gasteiger partial charge in [-0.2, -0.15) is 0 Å². The van der Waals surface area contributed by atoms with E-state index in [-0.39, 0.29) is 11.4 Å². The van der Waals surface area contributed by atoms with E-state index in [0.29, 0.717) is 0 Å². The summed E-state index contributed by atoms with van der Waals surface area (Å²) in [5.74, 6) is -0.314. The van der Waals surface area contributed by atoms with E-state index in [2.05, 4.69) is 38.7 Å². The summed E-state index contributed by atoms with van der Waals surface area (Å²) < 4.78 is 4.74. The highest BCUT2D eigenvalue weighted by atomic mass is 16.5. The maximum absolute atomic E-state index is 10.6. The van der Waals surface area contributed by atoms with Gasteiger partial charge < -0.3 is 4.74 Å². The van der Waals surface area contributed by atoms with Gasteiger partial charge in [0.15, 0.2) is 0 Å². The van der Waals surface area contributed by atoms with E-state index >= 15 is 0 Å². The van der Waals surface area contributed by atoms with Gasteiger partial charge in [0.25, 0.3) is 0 Å². The van der Waals surface area contributed by atoms with Gasteiger partial charge in [0.2, 0.25) is 0 Å². The molecular weight excluding hydrogens is 236 g/mol. The van der Waals surface area contributed by atoms with Gasteiger partial charge in [0.05, 0.1) is 0 Å². The molecule has 0 heterocycles. The van der Waals surface area contributed by atoms with Crippen LogP contribution in [0.5, 0.6) is 0 Å². The molecule has 0 atom stereocenters. The minimum atomic E-state index is -0.314. The fraction of sp³-hybridized carbons (Fsp3) is 0.529. The Labute approximate surface area is 116 Å². The second kappa shape index (κ2) is 6.58. The highest BCUT2D eigenvalue weighted by Crippen LogP contribution is 2.40. The van der Waals surface area contributed by atoms with Gasteiger partial charge in [0.1, 0.15) is 6.26 Å². The second-order valence-corrected chi connectivity index (χ2v) is 5.78. The molecule has 0 aliphatic heterocycles. The summed E-state index contributed by atoms with van der Waals surface area (Å²) in [5, 5.41) is 0. The van der Waals surface area contributed by atoms with Crippen molar-refractivity contribution in [2.24, 2.45) is 5.41 Å². The minimum Gasteiger partial charge on any atom is -0.426 e. The van der Waals surface area contributed by atoms with Gasteiger partial charge in [-0.3, -0.25) is 4.79 Å². The van der Waals surface area contributed by atoms with Crippen LogP contribution < -0.4 is 0 Å². The van der Waals surface area contributed by atoms with Crippen molar-refractivity contribution in [3.05, 3.63) is 40.9 Å². The van der Waals surface area contributed by atoms with Crippen molar-refractivity contribution in [1.29, 1.82) is 0 Å². The lowest BCUT2D eigenvalue weighted by Crippen LogP contribution is -2.18. The van der Waals surface area contributed by atoms with Crippen molar-refractivity contribution in [2.45, 2.75) is 53.9 Å². The van der Waals surface area contributed by atoms with Crippen molar-refractivity contribution in [3.63, 3.8) is 0 Å². The maximum atomic E-state index is 10.6. The largest absolute Gasteiger partial charge is 0.426 e. The van der Waals surface area contributed by atoms with Crippen LogP contribution >= 0.6 is 0 Å². The topological polar surface area (TPSA) is 26.3 Å². The molecule has 0 unspecified atom stereocenters. The van der Waals surface area contributed by atoms with E-state index in [0.717, 1.165) is 18.4 Å². The van der Waals surface area contributed by atoms with Crippen LogP contribution in [-0.2, 0) is 9.53 Å². The van der Waals surface area contributed by atoms with Gasteiger partial charge in [-0.25, -0.2) is 0 Å². The third kappa shape index (κ3) is 4.92. The molecule has 0 bridgehead atoms. The van der Waals surface area contributed by atoms with E-state index in [1.807, 2.05) is 6.92 Å². The average molecular weight is 260 g/mol. The van der Waals surface area contributed by atoms with Crippen molar-refractivity contribution in [1.82, 2.24) is 0 Å². The first-order chi connectivity index (χ1) is 8.83. The van der Waals surface area contributed by atoms with E-state index < -0.39 is 0 Å². The van der Waals surface area contributed by atoms with Crippen LogP contribution in [0.2, 0.25) is 0 Å². The molecule has 1 aliphatic rings. The Morgan fingerprint density at radius 1 is 1.47 bits per heavy atom. The summed E-state index contributed by atoms with van der Waals surface area (Å²) in [4.78, 5) is 10.6. The Hall–Kier alpha value is -1.53. The average Bonchev–Trinajstić information content (AvgIpc) is 2.26. The van der Waals surface area contributed by atoms with Gasteiger partial charge in [-0.1, -0.05) is 37.3 Å². The number of allylic oxidation sites excluding steroid dienone is 5. The first-order valence-electron chi connectivity index (χ1n) is 6.78. The van der Waals surface area contributed by atoms with Crippen molar-refractivity contribution >= 4 is 5.97 Å². The molecule has 2 heteroatoms. The fourth-order valence-electron chi connectivity index (χ4n) is 2.39. The van der Waals surface area contributed by atoms with Gasteiger partial charge in [0, 0.05) is 6.92 Å².